The first-order valence-electron chi connectivity index (χ1n) is 9.36. The minimum absolute atomic E-state index is 0.0255. The third-order valence-corrected chi connectivity index (χ3v) is 7.74. The van der Waals surface area contributed by atoms with E-state index < -0.39 is 0 Å². The van der Waals surface area contributed by atoms with Crippen molar-refractivity contribution in [3.05, 3.63) is 0 Å². The van der Waals surface area contributed by atoms with Crippen molar-refractivity contribution in [1.82, 2.24) is 10.2 Å². The summed E-state index contributed by atoms with van der Waals surface area (Å²) in [5.74, 6) is 1.84. The molecule has 5 fully saturated rings. The summed E-state index contributed by atoms with van der Waals surface area (Å²) in [5, 5.41) is 2.70. The van der Waals surface area contributed by atoms with Crippen LogP contribution < -0.4 is 5.32 Å². The quantitative estimate of drug-likeness (QED) is 0.544. The molecular weight excluding hydrogens is 372 g/mol. The highest BCUT2D eigenvalue weighted by atomic mass is 32.2. The molecule has 0 unspecified atom stereocenters. The zero-order valence-corrected chi connectivity index (χ0v) is 16.3. The fourth-order valence-corrected chi connectivity index (χ4v) is 6.72. The van der Waals surface area contributed by atoms with Gasteiger partial charge in [-0.3, -0.25) is 19.3 Å². The highest BCUT2D eigenvalue weighted by molar-refractivity contribution is 8.23. The molecule has 142 valence electrons. The van der Waals surface area contributed by atoms with E-state index in [4.69, 9.17) is 17.0 Å². The number of thiocarbonyl (C=S) groups is 1. The Hall–Kier alpha value is -1.15. The average Bonchev–Trinajstić information content (AvgIpc) is 2.90. The van der Waals surface area contributed by atoms with Crippen LogP contribution in [0.5, 0.6) is 0 Å². The van der Waals surface area contributed by atoms with E-state index in [0.717, 1.165) is 19.3 Å². The van der Waals surface area contributed by atoms with E-state index in [1.165, 1.54) is 35.9 Å². The number of carbonyl (C=O) groups excluding carboxylic acids is 3. The van der Waals surface area contributed by atoms with Crippen LogP contribution in [0, 0.1) is 23.2 Å². The van der Waals surface area contributed by atoms with Gasteiger partial charge in [0.05, 0.1) is 11.2 Å². The molecule has 0 aromatic rings. The van der Waals surface area contributed by atoms with Crippen LogP contribution in [-0.2, 0) is 19.1 Å². The van der Waals surface area contributed by atoms with Crippen molar-refractivity contribution in [3.8, 4) is 0 Å². The van der Waals surface area contributed by atoms with E-state index in [9.17, 15) is 14.4 Å². The van der Waals surface area contributed by atoms with Crippen LogP contribution in [0.15, 0.2) is 0 Å². The molecule has 1 N–H and O–H groups in total. The first kappa shape index (κ1) is 18.2. The Kier molecular flexibility index (Phi) is 4.98. The second-order valence-corrected chi connectivity index (χ2v) is 9.83. The largest absolute Gasteiger partial charge is 0.455 e. The van der Waals surface area contributed by atoms with Gasteiger partial charge in [0.25, 0.3) is 5.91 Å². The summed E-state index contributed by atoms with van der Waals surface area (Å²) in [7, 11) is 0. The number of esters is 1. The van der Waals surface area contributed by atoms with Gasteiger partial charge in [0.1, 0.15) is 4.32 Å². The van der Waals surface area contributed by atoms with Crippen molar-refractivity contribution in [1.29, 1.82) is 0 Å². The highest BCUT2D eigenvalue weighted by Crippen LogP contribution is 2.60. The molecule has 2 amide bonds. The molecule has 0 atom stereocenters. The smallest absolute Gasteiger partial charge is 0.312 e. The number of ether oxygens (including phenoxy) is 1. The van der Waals surface area contributed by atoms with Crippen molar-refractivity contribution in [2.75, 3.05) is 25.4 Å². The fourth-order valence-electron chi connectivity index (χ4n) is 5.60. The number of hydrogen-bond acceptors (Lipinski definition) is 6. The second kappa shape index (κ2) is 7.11. The molecule has 5 rings (SSSR count). The van der Waals surface area contributed by atoms with Crippen molar-refractivity contribution in [3.63, 3.8) is 0 Å². The molecule has 4 saturated carbocycles. The maximum atomic E-state index is 12.7. The van der Waals surface area contributed by atoms with Gasteiger partial charge >= 0.3 is 5.97 Å². The lowest BCUT2D eigenvalue weighted by atomic mass is 9.49. The highest BCUT2D eigenvalue weighted by Gasteiger charge is 2.55. The summed E-state index contributed by atoms with van der Waals surface area (Å²) in [6.45, 7) is 0.424. The monoisotopic (exact) mass is 396 g/mol. The number of thioether (sulfide) groups is 1. The predicted molar refractivity (Wildman–Crippen MR) is 101 cm³/mol. The summed E-state index contributed by atoms with van der Waals surface area (Å²) >= 11 is 6.43. The van der Waals surface area contributed by atoms with Gasteiger partial charge in [0.15, 0.2) is 6.61 Å². The maximum absolute atomic E-state index is 12.7. The number of carbonyl (C=O) groups is 3. The summed E-state index contributed by atoms with van der Waals surface area (Å²) in [6, 6.07) is 0. The van der Waals surface area contributed by atoms with Crippen molar-refractivity contribution >= 4 is 46.1 Å². The third kappa shape index (κ3) is 3.50. The lowest BCUT2D eigenvalue weighted by Crippen LogP contribution is -2.51. The molecule has 0 aromatic heterocycles. The Balaban J connectivity index is 1.21. The van der Waals surface area contributed by atoms with E-state index in [-0.39, 0.29) is 29.8 Å². The second-order valence-electron chi connectivity index (χ2n) is 8.22. The zero-order chi connectivity index (χ0) is 18.3. The lowest BCUT2D eigenvalue weighted by Gasteiger charge is -2.55. The van der Waals surface area contributed by atoms with Gasteiger partial charge < -0.3 is 10.1 Å². The Bertz CT molecular complexity index is 600. The van der Waals surface area contributed by atoms with E-state index in [1.54, 1.807) is 0 Å². The average molecular weight is 397 g/mol. The zero-order valence-electron chi connectivity index (χ0n) is 14.7. The molecule has 4 bridgehead atoms. The van der Waals surface area contributed by atoms with Gasteiger partial charge in [-0.25, -0.2) is 0 Å². The number of rotatable bonds is 6. The van der Waals surface area contributed by atoms with Crippen LogP contribution in [0.4, 0.5) is 0 Å². The van der Waals surface area contributed by atoms with Gasteiger partial charge in [-0.05, 0) is 56.3 Å². The molecule has 0 aromatic carbocycles. The summed E-state index contributed by atoms with van der Waals surface area (Å²) in [4.78, 5) is 37.8. The Morgan fingerprint density at radius 2 is 1.81 bits per heavy atom. The maximum Gasteiger partial charge on any atom is 0.312 e. The van der Waals surface area contributed by atoms with Crippen LogP contribution in [0.25, 0.3) is 0 Å². The lowest BCUT2D eigenvalue weighted by molar-refractivity contribution is -0.173. The Morgan fingerprint density at radius 1 is 1.19 bits per heavy atom. The SMILES string of the molecule is O=C(COC(=O)C12CC3CC(CC(C3)C1)C2)NCCN1C(=O)CSC1=S. The molecule has 1 heterocycles. The molecule has 8 heteroatoms. The van der Waals surface area contributed by atoms with Gasteiger partial charge in [0.2, 0.25) is 5.91 Å². The molecular formula is C18H24N2O4S2. The van der Waals surface area contributed by atoms with Crippen LogP contribution >= 0.6 is 24.0 Å². The Morgan fingerprint density at radius 3 is 2.35 bits per heavy atom. The number of nitrogens with zero attached hydrogens (tertiary/aromatic N) is 1. The summed E-state index contributed by atoms with van der Waals surface area (Å²) in [5.41, 5.74) is -0.333. The number of nitrogens with one attached hydrogen (secondary N) is 1. The van der Waals surface area contributed by atoms with Gasteiger partial charge in [-0.2, -0.15) is 0 Å². The van der Waals surface area contributed by atoms with E-state index in [1.807, 2.05) is 0 Å². The molecule has 1 aliphatic heterocycles. The Labute approximate surface area is 162 Å². The molecule has 26 heavy (non-hydrogen) atoms. The molecule has 5 aliphatic rings. The van der Waals surface area contributed by atoms with Crippen molar-refractivity contribution in [2.45, 2.75) is 38.5 Å². The van der Waals surface area contributed by atoms with Crippen LogP contribution in [0.1, 0.15) is 38.5 Å². The van der Waals surface area contributed by atoms with Crippen LogP contribution in [0.3, 0.4) is 0 Å². The van der Waals surface area contributed by atoms with E-state index >= 15 is 0 Å². The fraction of sp³-hybridized carbons (Fsp3) is 0.778. The number of amides is 2. The van der Waals surface area contributed by atoms with Crippen molar-refractivity contribution < 1.29 is 19.1 Å². The molecule has 6 nitrogen and oxygen atoms in total. The van der Waals surface area contributed by atoms with Crippen LogP contribution in [0.2, 0.25) is 0 Å². The summed E-state index contributed by atoms with van der Waals surface area (Å²) in [6.07, 6.45) is 6.61. The normalized spacial score (nSPS) is 35.1. The summed E-state index contributed by atoms with van der Waals surface area (Å²) < 4.78 is 5.95. The molecule has 0 spiro atoms. The standard InChI is InChI=1S/C18H24N2O4S2/c21-14(19-1-2-20-15(22)10-26-17(20)25)9-24-16(23)18-6-11-3-12(7-18)5-13(4-11)8-18/h11-13H,1-10H2,(H,19,21). The molecule has 4 aliphatic carbocycles. The predicted octanol–water partition coefficient (Wildman–Crippen LogP) is 1.72. The minimum Gasteiger partial charge on any atom is -0.455 e. The first-order chi connectivity index (χ1) is 12.4. The minimum atomic E-state index is -0.333. The van der Waals surface area contributed by atoms with Gasteiger partial charge in [-0.15, -0.1) is 0 Å². The van der Waals surface area contributed by atoms with E-state index in [0.29, 0.717) is 40.9 Å². The van der Waals surface area contributed by atoms with Gasteiger partial charge in [0, 0.05) is 13.1 Å². The van der Waals surface area contributed by atoms with E-state index in [2.05, 4.69) is 5.32 Å². The first-order valence-corrected chi connectivity index (χ1v) is 10.8. The molecule has 1 saturated heterocycles. The molecule has 0 radical (unpaired) electrons. The van der Waals surface area contributed by atoms with Gasteiger partial charge in [-0.1, -0.05) is 24.0 Å². The van der Waals surface area contributed by atoms with Crippen LogP contribution in [-0.4, -0.2) is 52.5 Å². The van der Waals surface area contributed by atoms with Crippen molar-refractivity contribution in [2.24, 2.45) is 23.2 Å². The number of hydrogen-bond donors (Lipinski definition) is 1. The third-order valence-electron chi connectivity index (χ3n) is 6.30. The topological polar surface area (TPSA) is 75.7 Å².